The molecule has 0 fully saturated rings. The summed E-state index contributed by atoms with van der Waals surface area (Å²) in [5.41, 5.74) is 1.37. The van der Waals surface area contributed by atoms with Gasteiger partial charge in [0, 0.05) is 5.54 Å². The zero-order chi connectivity index (χ0) is 9.36. The molecular weight excluding hydrogens is 184 g/mol. The van der Waals surface area contributed by atoms with Gasteiger partial charge in [-0.05, 0) is 18.2 Å². The fraction of sp³-hybridized carbons (Fsp3) is 0.0909. The van der Waals surface area contributed by atoms with Crippen molar-refractivity contribution in [1.82, 2.24) is 0 Å². The van der Waals surface area contributed by atoms with Crippen LogP contribution in [0.25, 0.3) is 0 Å². The molecule has 0 bridgehead atoms. The van der Waals surface area contributed by atoms with E-state index in [1.807, 2.05) is 30.3 Å². The molecule has 2 heteroatoms. The molecule has 0 spiro atoms. The first-order valence-electron chi connectivity index (χ1n) is 3.85. The molecule has 0 amide bonds. The van der Waals surface area contributed by atoms with E-state index in [9.17, 15) is 0 Å². The number of benzene rings is 1. The lowest BCUT2D eigenvalue weighted by atomic mass is 10.3. The molecule has 0 aliphatic carbocycles. The predicted molar refractivity (Wildman–Crippen MR) is 54.7 cm³/mol. The van der Waals surface area contributed by atoms with Crippen molar-refractivity contribution < 1.29 is 4.74 Å². The minimum atomic E-state index is 0.380. The van der Waals surface area contributed by atoms with Crippen molar-refractivity contribution in [3.63, 3.8) is 0 Å². The number of para-hydroxylation sites is 1. The third-order valence-electron chi connectivity index (χ3n) is 1.30. The molecule has 0 radical (unpaired) electrons. The number of allylic oxidation sites excluding steroid dienone is 1. The van der Waals surface area contributed by atoms with Crippen LogP contribution < -0.4 is 4.74 Å². The van der Waals surface area contributed by atoms with Gasteiger partial charge in [-0.25, -0.2) is 0 Å². The standard InChI is InChI=1S/C11H9ClO/c12-9-5-2-6-10-13-11-7-3-1-4-8-11/h1,3-5,7-9H,10H2/b9-5+. The molecule has 13 heavy (non-hydrogen) atoms. The molecule has 0 unspecified atom stereocenters. The molecule has 0 saturated heterocycles. The Morgan fingerprint density at radius 2 is 2.08 bits per heavy atom. The van der Waals surface area contributed by atoms with Gasteiger partial charge in [0.05, 0.1) is 0 Å². The highest BCUT2D eigenvalue weighted by molar-refractivity contribution is 6.25. The average Bonchev–Trinajstić information content (AvgIpc) is 2.19. The lowest BCUT2D eigenvalue weighted by Crippen LogP contribution is -1.92. The number of rotatable bonds is 2. The molecule has 0 aromatic heterocycles. The number of hydrogen-bond acceptors (Lipinski definition) is 1. The topological polar surface area (TPSA) is 9.23 Å². The Kier molecular flexibility index (Phi) is 4.60. The van der Waals surface area contributed by atoms with Crippen LogP contribution in [0.3, 0.4) is 0 Å². The molecule has 0 heterocycles. The van der Waals surface area contributed by atoms with E-state index in [0.29, 0.717) is 6.61 Å². The third kappa shape index (κ3) is 4.25. The van der Waals surface area contributed by atoms with E-state index in [0.717, 1.165) is 5.75 Å². The first-order chi connectivity index (χ1) is 6.43. The highest BCUT2D eigenvalue weighted by Gasteiger charge is 1.85. The lowest BCUT2D eigenvalue weighted by Gasteiger charge is -1.98. The van der Waals surface area contributed by atoms with E-state index in [1.54, 1.807) is 6.08 Å². The van der Waals surface area contributed by atoms with Gasteiger partial charge in [-0.2, -0.15) is 0 Å². The van der Waals surface area contributed by atoms with Crippen molar-refractivity contribution in [2.24, 2.45) is 0 Å². The molecule has 0 aliphatic rings. The minimum absolute atomic E-state index is 0.380. The first-order valence-corrected chi connectivity index (χ1v) is 4.28. The van der Waals surface area contributed by atoms with Crippen molar-refractivity contribution >= 4 is 11.6 Å². The second-order valence-electron chi connectivity index (χ2n) is 2.22. The summed E-state index contributed by atoms with van der Waals surface area (Å²) in [6.45, 7) is 0.380. The molecule has 0 atom stereocenters. The van der Waals surface area contributed by atoms with Gasteiger partial charge in [-0.15, -0.1) is 0 Å². The quantitative estimate of drug-likeness (QED) is 0.655. The van der Waals surface area contributed by atoms with Gasteiger partial charge < -0.3 is 4.74 Å². The largest absolute Gasteiger partial charge is 0.481 e. The lowest BCUT2D eigenvalue weighted by molar-refractivity contribution is 0.370. The highest BCUT2D eigenvalue weighted by Crippen LogP contribution is 2.07. The van der Waals surface area contributed by atoms with Crippen molar-refractivity contribution in [2.75, 3.05) is 6.61 Å². The van der Waals surface area contributed by atoms with E-state index in [-0.39, 0.29) is 0 Å². The van der Waals surface area contributed by atoms with Crippen molar-refractivity contribution in [3.05, 3.63) is 41.9 Å². The second kappa shape index (κ2) is 6.16. The fourth-order valence-electron chi connectivity index (χ4n) is 0.768. The van der Waals surface area contributed by atoms with E-state index in [2.05, 4.69) is 11.8 Å². The molecule has 1 aromatic rings. The highest BCUT2D eigenvalue weighted by atomic mass is 35.5. The number of hydrogen-bond donors (Lipinski definition) is 0. The van der Waals surface area contributed by atoms with E-state index in [1.165, 1.54) is 5.54 Å². The molecule has 0 aliphatic heterocycles. The van der Waals surface area contributed by atoms with E-state index >= 15 is 0 Å². The normalized spacial score (nSPS) is 9.31. The Morgan fingerprint density at radius 3 is 2.77 bits per heavy atom. The predicted octanol–water partition coefficient (Wildman–Crippen LogP) is 2.82. The summed E-state index contributed by atoms with van der Waals surface area (Å²) >= 11 is 5.27. The summed E-state index contributed by atoms with van der Waals surface area (Å²) in [6, 6.07) is 9.55. The van der Waals surface area contributed by atoms with Crippen molar-refractivity contribution in [2.45, 2.75) is 0 Å². The molecule has 0 N–H and O–H groups in total. The Bertz CT molecular complexity index is 319. The molecule has 1 nitrogen and oxygen atoms in total. The van der Waals surface area contributed by atoms with Gasteiger partial charge in [-0.3, -0.25) is 0 Å². The third-order valence-corrected chi connectivity index (χ3v) is 1.43. The van der Waals surface area contributed by atoms with Crippen LogP contribution >= 0.6 is 11.6 Å². The zero-order valence-corrected chi connectivity index (χ0v) is 7.79. The monoisotopic (exact) mass is 192 g/mol. The first kappa shape index (κ1) is 9.70. The average molecular weight is 193 g/mol. The van der Waals surface area contributed by atoms with Gasteiger partial charge in [-0.1, -0.05) is 41.6 Å². The van der Waals surface area contributed by atoms with Crippen LogP contribution in [0.15, 0.2) is 41.9 Å². The summed E-state index contributed by atoms with van der Waals surface area (Å²) in [5.74, 6) is 6.33. The Labute approximate surface area is 83.0 Å². The fourth-order valence-corrected chi connectivity index (χ4v) is 0.831. The van der Waals surface area contributed by atoms with Gasteiger partial charge in [0.15, 0.2) is 0 Å². The Balaban J connectivity index is 2.33. The summed E-state index contributed by atoms with van der Waals surface area (Å²) < 4.78 is 5.30. The van der Waals surface area contributed by atoms with E-state index in [4.69, 9.17) is 16.3 Å². The van der Waals surface area contributed by atoms with Crippen molar-refractivity contribution in [3.8, 4) is 17.6 Å². The van der Waals surface area contributed by atoms with Crippen molar-refractivity contribution in [1.29, 1.82) is 0 Å². The molecule has 1 rings (SSSR count). The summed E-state index contributed by atoms with van der Waals surface area (Å²) in [6.07, 6.45) is 1.57. The molecule has 66 valence electrons. The molecular formula is C11H9ClO. The van der Waals surface area contributed by atoms with Crippen LogP contribution in [-0.4, -0.2) is 6.61 Å². The Morgan fingerprint density at radius 1 is 1.31 bits per heavy atom. The second-order valence-corrected chi connectivity index (χ2v) is 2.47. The SMILES string of the molecule is Cl/C=C/C#CCOc1ccccc1. The van der Waals surface area contributed by atoms with Crippen LogP contribution in [0.4, 0.5) is 0 Å². The van der Waals surface area contributed by atoms with E-state index < -0.39 is 0 Å². The Hall–Kier alpha value is -1.39. The summed E-state index contributed by atoms with van der Waals surface area (Å²) in [5, 5.41) is 0. The minimum Gasteiger partial charge on any atom is -0.481 e. The van der Waals surface area contributed by atoms with Gasteiger partial charge >= 0.3 is 0 Å². The van der Waals surface area contributed by atoms with Gasteiger partial charge in [0.2, 0.25) is 0 Å². The maximum absolute atomic E-state index is 5.30. The van der Waals surface area contributed by atoms with Crippen LogP contribution in [0.2, 0.25) is 0 Å². The summed E-state index contributed by atoms with van der Waals surface area (Å²) in [4.78, 5) is 0. The maximum Gasteiger partial charge on any atom is 0.149 e. The van der Waals surface area contributed by atoms with Gasteiger partial charge in [0.25, 0.3) is 0 Å². The van der Waals surface area contributed by atoms with Crippen LogP contribution in [0.5, 0.6) is 5.75 Å². The smallest absolute Gasteiger partial charge is 0.149 e. The molecule has 0 saturated carbocycles. The number of halogens is 1. The zero-order valence-electron chi connectivity index (χ0n) is 7.03. The van der Waals surface area contributed by atoms with Gasteiger partial charge in [0.1, 0.15) is 12.4 Å². The van der Waals surface area contributed by atoms with Crippen LogP contribution in [-0.2, 0) is 0 Å². The number of ether oxygens (including phenoxy) is 1. The summed E-state index contributed by atoms with van der Waals surface area (Å²) in [7, 11) is 0. The van der Waals surface area contributed by atoms with Crippen LogP contribution in [0, 0.1) is 11.8 Å². The maximum atomic E-state index is 5.30. The van der Waals surface area contributed by atoms with Crippen LogP contribution in [0.1, 0.15) is 0 Å². The molecule has 1 aromatic carbocycles.